The van der Waals surface area contributed by atoms with Crippen molar-refractivity contribution in [3.05, 3.63) is 0 Å². The van der Waals surface area contributed by atoms with Gasteiger partial charge in [0.15, 0.2) is 0 Å². The van der Waals surface area contributed by atoms with Crippen molar-refractivity contribution in [2.75, 3.05) is 46.1 Å². The number of nitrogens with zero attached hydrogens (tertiary/aromatic N) is 1. The van der Waals surface area contributed by atoms with Gasteiger partial charge in [-0.25, -0.2) is 0 Å². The average molecular weight is 160 g/mol. The Morgan fingerprint density at radius 1 is 1.36 bits per heavy atom. The van der Waals surface area contributed by atoms with Gasteiger partial charge in [0.05, 0.1) is 19.9 Å². The van der Waals surface area contributed by atoms with E-state index in [1.807, 2.05) is 0 Å². The molecule has 0 spiro atoms. The zero-order valence-electron chi connectivity index (χ0n) is 6.75. The number of aliphatic hydroxyl groups is 1. The molecule has 2 N–H and O–H groups in total. The highest BCUT2D eigenvalue weighted by molar-refractivity contribution is 4.62. The first-order valence-corrected chi connectivity index (χ1v) is 4.05. The summed E-state index contributed by atoms with van der Waals surface area (Å²) < 4.78 is 5.19. The van der Waals surface area contributed by atoms with Crippen molar-refractivity contribution in [3.63, 3.8) is 0 Å². The maximum absolute atomic E-state index is 8.44. The van der Waals surface area contributed by atoms with Crippen molar-refractivity contribution >= 4 is 0 Å². The lowest BCUT2D eigenvalue weighted by atomic mass is 10.4. The van der Waals surface area contributed by atoms with Crippen LogP contribution in [-0.4, -0.2) is 56.1 Å². The van der Waals surface area contributed by atoms with Gasteiger partial charge in [0.2, 0.25) is 0 Å². The van der Waals surface area contributed by atoms with Crippen LogP contribution in [0.4, 0.5) is 0 Å². The summed E-state index contributed by atoms with van der Waals surface area (Å²) in [6, 6.07) is 0. The molecule has 0 atom stereocenters. The molecule has 66 valence electrons. The van der Waals surface area contributed by atoms with Crippen LogP contribution in [0.5, 0.6) is 0 Å². The number of morpholine rings is 1. The largest absolute Gasteiger partial charge is 0.381 e. The molecule has 0 aromatic heterocycles. The molecule has 0 unspecified atom stereocenters. The fourth-order valence-corrected chi connectivity index (χ4v) is 1.14. The first kappa shape index (κ1) is 8.93. The fourth-order valence-electron chi connectivity index (χ4n) is 1.14. The highest BCUT2D eigenvalue weighted by Crippen LogP contribution is 1.94. The second-order valence-electron chi connectivity index (χ2n) is 2.61. The van der Waals surface area contributed by atoms with Crippen molar-refractivity contribution in [1.29, 1.82) is 0 Å². The van der Waals surface area contributed by atoms with Gasteiger partial charge in [-0.05, 0) is 0 Å². The van der Waals surface area contributed by atoms with E-state index in [4.69, 9.17) is 9.84 Å². The SMILES string of the molecule is OCNCCN1CCOCC1. The maximum Gasteiger partial charge on any atom is 0.0931 e. The van der Waals surface area contributed by atoms with E-state index in [-0.39, 0.29) is 6.73 Å². The first-order chi connectivity index (χ1) is 5.43. The third kappa shape index (κ3) is 3.67. The number of nitrogens with one attached hydrogen (secondary N) is 1. The number of rotatable bonds is 4. The fraction of sp³-hybridized carbons (Fsp3) is 1.00. The minimum absolute atomic E-state index is 0.0737. The van der Waals surface area contributed by atoms with E-state index in [1.54, 1.807) is 0 Å². The minimum Gasteiger partial charge on any atom is -0.381 e. The van der Waals surface area contributed by atoms with E-state index in [0.29, 0.717) is 0 Å². The van der Waals surface area contributed by atoms with Crippen LogP contribution in [0.15, 0.2) is 0 Å². The summed E-state index contributed by atoms with van der Waals surface area (Å²) in [6.07, 6.45) is 0. The summed E-state index contributed by atoms with van der Waals surface area (Å²) in [5, 5.41) is 11.3. The molecule has 0 aromatic carbocycles. The van der Waals surface area contributed by atoms with Crippen molar-refractivity contribution in [1.82, 2.24) is 10.2 Å². The van der Waals surface area contributed by atoms with Gasteiger partial charge in [0.25, 0.3) is 0 Å². The Morgan fingerprint density at radius 3 is 2.73 bits per heavy atom. The Bertz CT molecular complexity index is 94.4. The molecule has 11 heavy (non-hydrogen) atoms. The predicted octanol–water partition coefficient (Wildman–Crippen LogP) is -1.14. The molecular formula is C7H16N2O2. The highest BCUT2D eigenvalue weighted by atomic mass is 16.5. The monoisotopic (exact) mass is 160 g/mol. The Balaban J connectivity index is 1.96. The van der Waals surface area contributed by atoms with E-state index >= 15 is 0 Å². The number of hydrogen-bond acceptors (Lipinski definition) is 4. The molecule has 1 saturated heterocycles. The molecule has 0 radical (unpaired) electrons. The molecule has 0 amide bonds. The van der Waals surface area contributed by atoms with E-state index in [1.165, 1.54) is 0 Å². The summed E-state index contributed by atoms with van der Waals surface area (Å²) in [5.41, 5.74) is 0. The van der Waals surface area contributed by atoms with Gasteiger partial charge < -0.3 is 9.84 Å². The number of aliphatic hydroxyl groups excluding tert-OH is 1. The van der Waals surface area contributed by atoms with Crippen molar-refractivity contribution in [3.8, 4) is 0 Å². The highest BCUT2D eigenvalue weighted by Gasteiger charge is 2.08. The average Bonchev–Trinajstić information content (AvgIpc) is 2.07. The van der Waals surface area contributed by atoms with Gasteiger partial charge in [-0.2, -0.15) is 0 Å². The first-order valence-electron chi connectivity index (χ1n) is 4.05. The Labute approximate surface area is 67.1 Å². The summed E-state index contributed by atoms with van der Waals surface area (Å²) in [6.45, 7) is 5.67. The second-order valence-corrected chi connectivity index (χ2v) is 2.61. The smallest absolute Gasteiger partial charge is 0.0931 e. The summed E-state index contributed by atoms with van der Waals surface area (Å²) >= 11 is 0. The quantitative estimate of drug-likeness (QED) is 0.403. The Hall–Kier alpha value is -0.160. The standard InChI is InChI=1S/C7H16N2O2/c10-7-8-1-2-9-3-5-11-6-4-9/h8,10H,1-7H2. The number of hydrogen-bond donors (Lipinski definition) is 2. The van der Waals surface area contributed by atoms with Crippen LogP contribution in [0.1, 0.15) is 0 Å². The van der Waals surface area contributed by atoms with Crippen LogP contribution in [0, 0.1) is 0 Å². The van der Waals surface area contributed by atoms with Gasteiger partial charge in [-0.15, -0.1) is 0 Å². The lowest BCUT2D eigenvalue weighted by Gasteiger charge is -2.26. The van der Waals surface area contributed by atoms with Crippen LogP contribution in [0.25, 0.3) is 0 Å². The zero-order chi connectivity index (χ0) is 7.94. The van der Waals surface area contributed by atoms with Crippen molar-refractivity contribution in [2.24, 2.45) is 0 Å². The maximum atomic E-state index is 8.44. The van der Waals surface area contributed by atoms with Gasteiger partial charge in [0.1, 0.15) is 0 Å². The Kier molecular flexibility index (Phi) is 4.45. The molecule has 1 aliphatic rings. The molecule has 0 aromatic rings. The normalized spacial score (nSPS) is 20.5. The molecule has 1 rings (SSSR count). The third-order valence-corrected chi connectivity index (χ3v) is 1.82. The van der Waals surface area contributed by atoms with E-state index in [2.05, 4.69) is 10.2 Å². The van der Waals surface area contributed by atoms with Crippen LogP contribution >= 0.6 is 0 Å². The molecule has 0 bridgehead atoms. The lowest BCUT2D eigenvalue weighted by Crippen LogP contribution is -2.40. The zero-order valence-corrected chi connectivity index (χ0v) is 6.75. The molecule has 1 fully saturated rings. The molecule has 4 nitrogen and oxygen atoms in total. The summed E-state index contributed by atoms with van der Waals surface area (Å²) in [4.78, 5) is 2.33. The van der Waals surface area contributed by atoms with Crippen molar-refractivity contribution in [2.45, 2.75) is 0 Å². The predicted molar refractivity (Wildman–Crippen MR) is 42.3 cm³/mol. The van der Waals surface area contributed by atoms with Crippen LogP contribution < -0.4 is 5.32 Å². The molecular weight excluding hydrogens is 144 g/mol. The van der Waals surface area contributed by atoms with Crippen LogP contribution in [-0.2, 0) is 4.74 Å². The lowest BCUT2D eigenvalue weighted by molar-refractivity contribution is 0.0377. The van der Waals surface area contributed by atoms with Crippen LogP contribution in [0.2, 0.25) is 0 Å². The van der Waals surface area contributed by atoms with Gasteiger partial charge in [0, 0.05) is 26.2 Å². The summed E-state index contributed by atoms with van der Waals surface area (Å²) in [5.74, 6) is 0. The van der Waals surface area contributed by atoms with E-state index < -0.39 is 0 Å². The second kappa shape index (κ2) is 5.49. The third-order valence-electron chi connectivity index (χ3n) is 1.82. The van der Waals surface area contributed by atoms with Gasteiger partial charge in [-0.3, -0.25) is 10.2 Å². The Morgan fingerprint density at radius 2 is 2.09 bits per heavy atom. The minimum atomic E-state index is 0.0737. The van der Waals surface area contributed by atoms with E-state index in [0.717, 1.165) is 39.4 Å². The van der Waals surface area contributed by atoms with Crippen LogP contribution in [0.3, 0.4) is 0 Å². The van der Waals surface area contributed by atoms with E-state index in [9.17, 15) is 0 Å². The topological polar surface area (TPSA) is 44.7 Å². The molecule has 1 heterocycles. The van der Waals surface area contributed by atoms with Gasteiger partial charge in [-0.1, -0.05) is 0 Å². The summed E-state index contributed by atoms with van der Waals surface area (Å²) in [7, 11) is 0. The van der Waals surface area contributed by atoms with Crippen molar-refractivity contribution < 1.29 is 9.84 Å². The molecule has 0 aliphatic carbocycles. The molecule has 0 saturated carbocycles. The molecule has 4 heteroatoms. The molecule has 1 aliphatic heterocycles. The van der Waals surface area contributed by atoms with Gasteiger partial charge >= 0.3 is 0 Å². The number of ether oxygens (including phenoxy) is 1.